The van der Waals surface area contributed by atoms with Crippen molar-refractivity contribution < 1.29 is 14.3 Å². The highest BCUT2D eigenvalue weighted by Gasteiger charge is 2.55. The van der Waals surface area contributed by atoms with Crippen LogP contribution in [0.15, 0.2) is 0 Å². The maximum atomic E-state index is 13.2. The van der Waals surface area contributed by atoms with Gasteiger partial charge >= 0.3 is 5.97 Å². The number of ketones is 1. The summed E-state index contributed by atoms with van der Waals surface area (Å²) in [7, 11) is 1.87. The molecule has 0 amide bonds. The Morgan fingerprint density at radius 1 is 1.15 bits per heavy atom. The van der Waals surface area contributed by atoms with Gasteiger partial charge in [0.1, 0.15) is 0 Å². The summed E-state index contributed by atoms with van der Waals surface area (Å²) in [6.45, 7) is 5.62. The topological polar surface area (TPSA) is 61.2 Å². The fourth-order valence-electron chi connectivity index (χ4n) is 6.35. The lowest BCUT2D eigenvalue weighted by molar-refractivity contribution is -0.164. The summed E-state index contributed by atoms with van der Waals surface area (Å²) >= 11 is 0. The number of carbonyl (C=O) groups is 2. The van der Waals surface area contributed by atoms with Crippen LogP contribution in [0.3, 0.4) is 0 Å². The van der Waals surface area contributed by atoms with Gasteiger partial charge in [-0.15, -0.1) is 0 Å². The van der Waals surface area contributed by atoms with Gasteiger partial charge in [-0.1, -0.05) is 0 Å². The maximum absolute atomic E-state index is 13.2. The minimum atomic E-state index is -0.643. The molecule has 0 spiro atoms. The number of carbonyl (C=O) groups excluding carboxylic acids is 2. The lowest BCUT2D eigenvalue weighted by Crippen LogP contribution is -2.52. The molecule has 1 aromatic rings. The predicted octanol–water partition coefficient (Wildman–Crippen LogP) is 3.30. The van der Waals surface area contributed by atoms with Crippen LogP contribution in [-0.4, -0.2) is 27.6 Å². The minimum Gasteiger partial charge on any atom is -0.454 e. The summed E-state index contributed by atoms with van der Waals surface area (Å²) in [5, 5.41) is 4.35. The molecule has 5 heteroatoms. The molecule has 26 heavy (non-hydrogen) atoms. The van der Waals surface area contributed by atoms with E-state index in [1.54, 1.807) is 11.6 Å². The van der Waals surface area contributed by atoms with E-state index in [9.17, 15) is 9.59 Å². The number of Topliss-reactive ketones (excluding diaryl/α,β-unsaturated/α-hetero) is 1. The van der Waals surface area contributed by atoms with Crippen LogP contribution in [0.5, 0.6) is 0 Å². The second-order valence-corrected chi connectivity index (χ2v) is 9.14. The maximum Gasteiger partial charge on any atom is 0.311 e. The van der Waals surface area contributed by atoms with E-state index >= 15 is 0 Å². The molecule has 0 saturated heterocycles. The van der Waals surface area contributed by atoms with E-state index < -0.39 is 6.10 Å². The van der Waals surface area contributed by atoms with E-state index in [1.165, 1.54) is 19.3 Å². The standard InChI is InChI=1S/C21H30N2O3/c1-12-18(13(2)23(4)22-12)8-19(24)26-14(3)20(25)21-9-15-5-16(10-21)7-17(6-15)11-21/h14-17H,5-11H2,1-4H3/t14-,15?,16?,17?,21?/m0/s1. The molecule has 0 aliphatic heterocycles. The van der Waals surface area contributed by atoms with Crippen molar-refractivity contribution in [2.24, 2.45) is 30.2 Å². The van der Waals surface area contributed by atoms with Gasteiger partial charge in [0.05, 0.1) is 12.1 Å². The molecule has 0 unspecified atom stereocenters. The van der Waals surface area contributed by atoms with Gasteiger partial charge < -0.3 is 4.74 Å². The second kappa shape index (κ2) is 6.21. The fraction of sp³-hybridized carbons (Fsp3) is 0.762. The molecule has 1 heterocycles. The van der Waals surface area contributed by atoms with Crippen LogP contribution in [-0.2, 0) is 27.8 Å². The van der Waals surface area contributed by atoms with Crippen LogP contribution >= 0.6 is 0 Å². The Hall–Kier alpha value is -1.65. The molecule has 1 aromatic heterocycles. The quantitative estimate of drug-likeness (QED) is 0.758. The number of ether oxygens (including phenoxy) is 1. The fourth-order valence-corrected chi connectivity index (χ4v) is 6.35. The van der Waals surface area contributed by atoms with E-state index in [0.717, 1.165) is 36.2 Å². The molecule has 5 rings (SSSR count). The Kier molecular flexibility index (Phi) is 4.24. The zero-order valence-electron chi connectivity index (χ0n) is 16.4. The van der Waals surface area contributed by atoms with Crippen molar-refractivity contribution in [3.8, 4) is 0 Å². The average molecular weight is 358 g/mol. The second-order valence-electron chi connectivity index (χ2n) is 9.14. The summed E-state index contributed by atoms with van der Waals surface area (Å²) < 4.78 is 7.38. The van der Waals surface area contributed by atoms with Gasteiger partial charge in [-0.2, -0.15) is 5.10 Å². The first-order chi connectivity index (χ1) is 12.3. The molecule has 4 fully saturated rings. The minimum absolute atomic E-state index is 0.171. The van der Waals surface area contributed by atoms with Crippen molar-refractivity contribution in [1.82, 2.24) is 9.78 Å². The largest absolute Gasteiger partial charge is 0.454 e. The van der Waals surface area contributed by atoms with E-state index in [2.05, 4.69) is 5.10 Å². The average Bonchev–Trinajstić information content (AvgIpc) is 2.79. The zero-order valence-corrected chi connectivity index (χ0v) is 16.4. The zero-order chi connectivity index (χ0) is 18.6. The normalized spacial score (nSPS) is 33.3. The highest BCUT2D eigenvalue weighted by Crippen LogP contribution is 2.60. The SMILES string of the molecule is Cc1nn(C)c(C)c1CC(=O)O[C@@H](C)C(=O)C12CC3CC(CC(C3)C1)C2. The number of rotatable bonds is 5. The highest BCUT2D eigenvalue weighted by atomic mass is 16.5. The Morgan fingerprint density at radius 3 is 2.15 bits per heavy atom. The Morgan fingerprint density at radius 2 is 1.69 bits per heavy atom. The van der Waals surface area contributed by atoms with Crippen molar-refractivity contribution in [2.45, 2.75) is 71.8 Å². The number of aryl methyl sites for hydroxylation is 2. The van der Waals surface area contributed by atoms with Crippen LogP contribution in [0.1, 0.15) is 62.4 Å². The third kappa shape index (κ3) is 2.89. The number of hydrogen-bond donors (Lipinski definition) is 0. The molecule has 4 bridgehead atoms. The molecule has 142 valence electrons. The summed E-state index contributed by atoms with van der Waals surface area (Å²) in [6.07, 6.45) is 6.50. The summed E-state index contributed by atoms with van der Waals surface area (Å²) in [5.41, 5.74) is 2.52. The molecular weight excluding hydrogens is 328 g/mol. The summed E-state index contributed by atoms with van der Waals surface area (Å²) in [4.78, 5) is 25.7. The van der Waals surface area contributed by atoms with E-state index in [0.29, 0.717) is 17.8 Å². The van der Waals surface area contributed by atoms with Crippen molar-refractivity contribution in [2.75, 3.05) is 0 Å². The first-order valence-electron chi connectivity index (χ1n) is 10.0. The van der Waals surface area contributed by atoms with Crippen LogP contribution < -0.4 is 0 Å². The Bertz CT molecular complexity index is 713. The van der Waals surface area contributed by atoms with E-state index in [1.807, 2.05) is 20.9 Å². The molecule has 0 radical (unpaired) electrons. The predicted molar refractivity (Wildman–Crippen MR) is 97.6 cm³/mol. The smallest absolute Gasteiger partial charge is 0.311 e. The van der Waals surface area contributed by atoms with Gasteiger partial charge in [0.2, 0.25) is 0 Å². The number of nitrogens with zero attached hydrogens (tertiary/aromatic N) is 2. The summed E-state index contributed by atoms with van der Waals surface area (Å²) in [6, 6.07) is 0. The lowest BCUT2D eigenvalue weighted by Gasteiger charge is -2.56. The highest BCUT2D eigenvalue weighted by molar-refractivity contribution is 5.91. The molecular formula is C21H30N2O3. The molecule has 1 atom stereocenters. The number of hydrogen-bond acceptors (Lipinski definition) is 4. The van der Waals surface area contributed by atoms with E-state index in [4.69, 9.17) is 4.74 Å². The monoisotopic (exact) mass is 358 g/mol. The third-order valence-electron chi connectivity index (χ3n) is 7.22. The molecule has 5 nitrogen and oxygen atoms in total. The first kappa shape index (κ1) is 17.7. The van der Waals surface area contributed by atoms with Gasteiger partial charge in [0, 0.05) is 23.7 Å². The Balaban J connectivity index is 1.42. The van der Waals surface area contributed by atoms with Crippen molar-refractivity contribution in [3.63, 3.8) is 0 Å². The van der Waals surface area contributed by atoms with Gasteiger partial charge in [-0.25, -0.2) is 0 Å². The third-order valence-corrected chi connectivity index (χ3v) is 7.22. The molecule has 4 aliphatic carbocycles. The van der Waals surface area contributed by atoms with Gasteiger partial charge in [0.25, 0.3) is 0 Å². The summed E-state index contributed by atoms with van der Waals surface area (Å²) in [5.74, 6) is 2.00. The van der Waals surface area contributed by atoms with Crippen LogP contribution in [0, 0.1) is 37.0 Å². The van der Waals surface area contributed by atoms with Gasteiger partial charge in [-0.3, -0.25) is 14.3 Å². The van der Waals surface area contributed by atoms with Gasteiger partial charge in [0.15, 0.2) is 11.9 Å². The van der Waals surface area contributed by atoms with Crippen LogP contribution in [0.2, 0.25) is 0 Å². The molecule has 0 aromatic carbocycles. The molecule has 4 aliphatic rings. The lowest BCUT2D eigenvalue weighted by atomic mass is 9.48. The van der Waals surface area contributed by atoms with Crippen molar-refractivity contribution in [3.05, 3.63) is 17.0 Å². The van der Waals surface area contributed by atoms with Crippen molar-refractivity contribution >= 4 is 11.8 Å². The molecule has 0 N–H and O–H groups in total. The van der Waals surface area contributed by atoms with Gasteiger partial charge in [-0.05, 0) is 77.0 Å². The van der Waals surface area contributed by atoms with E-state index in [-0.39, 0.29) is 23.6 Å². The number of aromatic nitrogens is 2. The number of esters is 1. The van der Waals surface area contributed by atoms with Crippen LogP contribution in [0.4, 0.5) is 0 Å². The van der Waals surface area contributed by atoms with Crippen LogP contribution in [0.25, 0.3) is 0 Å². The van der Waals surface area contributed by atoms with Crippen molar-refractivity contribution in [1.29, 1.82) is 0 Å². The Labute approximate surface area is 155 Å². The molecule has 4 saturated carbocycles. The first-order valence-corrected chi connectivity index (χ1v) is 10.0.